The van der Waals surface area contributed by atoms with E-state index in [0.29, 0.717) is 11.8 Å². The van der Waals surface area contributed by atoms with Crippen molar-refractivity contribution in [2.24, 2.45) is 0 Å². The second kappa shape index (κ2) is 6.07. The van der Waals surface area contributed by atoms with Crippen LogP contribution in [0.1, 0.15) is 41.9 Å². The Morgan fingerprint density at radius 1 is 1.33 bits per heavy atom. The summed E-state index contributed by atoms with van der Waals surface area (Å²) in [5, 5.41) is 0. The Morgan fingerprint density at radius 3 is 2.76 bits per heavy atom. The first kappa shape index (κ1) is 14.4. The highest BCUT2D eigenvalue weighted by Crippen LogP contribution is 2.42. The molecule has 0 radical (unpaired) electrons. The zero-order valence-electron chi connectivity index (χ0n) is 12.5. The Morgan fingerprint density at radius 2 is 2.14 bits per heavy atom. The van der Waals surface area contributed by atoms with Gasteiger partial charge in [0.2, 0.25) is 0 Å². The largest absolute Gasteiger partial charge is 0.496 e. The minimum absolute atomic E-state index is 0.470. The van der Waals surface area contributed by atoms with Crippen LogP contribution in [0.3, 0.4) is 0 Å². The second-order valence-electron chi connectivity index (χ2n) is 5.67. The molecular formula is C18H20ClNO. The van der Waals surface area contributed by atoms with Gasteiger partial charge < -0.3 is 4.74 Å². The van der Waals surface area contributed by atoms with E-state index in [9.17, 15) is 0 Å². The van der Waals surface area contributed by atoms with Crippen LogP contribution in [-0.4, -0.2) is 12.1 Å². The molecule has 0 amide bonds. The monoisotopic (exact) mass is 301 g/mol. The van der Waals surface area contributed by atoms with Crippen molar-refractivity contribution in [2.45, 2.75) is 38.0 Å². The minimum atomic E-state index is 0.470. The van der Waals surface area contributed by atoms with E-state index in [2.05, 4.69) is 24.0 Å². The van der Waals surface area contributed by atoms with Crippen LogP contribution in [0, 0.1) is 6.92 Å². The number of nitrogens with zero attached hydrogens (tertiary/aromatic N) is 1. The van der Waals surface area contributed by atoms with Crippen molar-refractivity contribution in [1.82, 2.24) is 4.98 Å². The van der Waals surface area contributed by atoms with Crippen molar-refractivity contribution in [1.29, 1.82) is 0 Å². The highest BCUT2D eigenvalue weighted by molar-refractivity contribution is 6.17. The van der Waals surface area contributed by atoms with Crippen molar-refractivity contribution in [2.75, 3.05) is 7.11 Å². The Hall–Kier alpha value is -1.54. The van der Waals surface area contributed by atoms with Gasteiger partial charge in [0, 0.05) is 17.6 Å². The molecule has 0 spiro atoms. The lowest BCUT2D eigenvalue weighted by atomic mass is 9.77. The number of hydrogen-bond acceptors (Lipinski definition) is 2. The van der Waals surface area contributed by atoms with Gasteiger partial charge in [-0.25, -0.2) is 0 Å². The fourth-order valence-corrected chi connectivity index (χ4v) is 3.22. The number of ether oxygens (including phenoxy) is 1. The number of pyridine rings is 1. The Balaban J connectivity index is 2.13. The summed E-state index contributed by atoms with van der Waals surface area (Å²) >= 11 is 6.06. The molecule has 1 aromatic heterocycles. The zero-order valence-corrected chi connectivity index (χ0v) is 13.3. The fourth-order valence-electron chi connectivity index (χ4n) is 3.01. The van der Waals surface area contributed by atoms with Gasteiger partial charge in [-0.05, 0) is 60.6 Å². The van der Waals surface area contributed by atoms with E-state index in [4.69, 9.17) is 16.3 Å². The van der Waals surface area contributed by atoms with Crippen LogP contribution in [0.5, 0.6) is 5.75 Å². The van der Waals surface area contributed by atoms with E-state index in [1.807, 2.05) is 18.3 Å². The van der Waals surface area contributed by atoms with E-state index in [0.717, 1.165) is 22.6 Å². The highest BCUT2D eigenvalue weighted by Gasteiger charge is 2.24. The first-order valence-electron chi connectivity index (χ1n) is 7.43. The molecule has 3 rings (SSSR count). The van der Waals surface area contributed by atoms with Crippen molar-refractivity contribution in [3.8, 4) is 17.0 Å². The van der Waals surface area contributed by atoms with Gasteiger partial charge in [0.25, 0.3) is 0 Å². The van der Waals surface area contributed by atoms with Gasteiger partial charge >= 0.3 is 0 Å². The molecule has 0 unspecified atom stereocenters. The predicted molar refractivity (Wildman–Crippen MR) is 87.1 cm³/mol. The summed E-state index contributed by atoms with van der Waals surface area (Å²) in [5.74, 6) is 2.08. The number of alkyl halides is 1. The number of halogens is 1. The van der Waals surface area contributed by atoms with Crippen LogP contribution in [0.15, 0.2) is 30.5 Å². The maximum Gasteiger partial charge on any atom is 0.122 e. The van der Waals surface area contributed by atoms with E-state index < -0.39 is 0 Å². The lowest BCUT2D eigenvalue weighted by Gasteiger charge is -2.28. The second-order valence-corrected chi connectivity index (χ2v) is 5.93. The molecule has 3 heteroatoms. The number of rotatable bonds is 4. The van der Waals surface area contributed by atoms with Gasteiger partial charge in [-0.2, -0.15) is 0 Å². The van der Waals surface area contributed by atoms with E-state index in [1.165, 1.54) is 30.4 Å². The summed E-state index contributed by atoms with van der Waals surface area (Å²) in [6.45, 7) is 2.15. The highest BCUT2D eigenvalue weighted by atomic mass is 35.5. The number of hydrogen-bond donors (Lipinski definition) is 0. The third-order valence-corrected chi connectivity index (χ3v) is 4.76. The average Bonchev–Trinajstić information content (AvgIpc) is 2.47. The van der Waals surface area contributed by atoms with Crippen molar-refractivity contribution in [3.05, 3.63) is 47.2 Å². The van der Waals surface area contributed by atoms with Crippen molar-refractivity contribution in [3.63, 3.8) is 0 Å². The molecule has 0 bridgehead atoms. The maximum atomic E-state index is 6.06. The van der Waals surface area contributed by atoms with Gasteiger partial charge in [0.15, 0.2) is 0 Å². The summed E-state index contributed by atoms with van der Waals surface area (Å²) in [7, 11) is 1.73. The number of aromatic nitrogens is 1. The lowest BCUT2D eigenvalue weighted by Crippen LogP contribution is -2.11. The van der Waals surface area contributed by atoms with Crippen LogP contribution in [-0.2, 0) is 5.88 Å². The van der Waals surface area contributed by atoms with Crippen LogP contribution >= 0.6 is 11.6 Å². The molecule has 1 saturated carbocycles. The van der Waals surface area contributed by atoms with Crippen LogP contribution in [0.25, 0.3) is 11.3 Å². The standard InChI is InChI=1S/C18H20ClNO/c1-12-16(13-5-3-6-13)9-15(10-17(12)21-2)18-14(11-19)7-4-8-20-18/h4,7-10,13H,3,5-6,11H2,1-2H3. The molecule has 2 nitrogen and oxygen atoms in total. The summed E-state index contributed by atoms with van der Waals surface area (Å²) in [5.41, 5.74) is 5.79. The lowest BCUT2D eigenvalue weighted by molar-refractivity contribution is 0.398. The summed E-state index contributed by atoms with van der Waals surface area (Å²) in [6.07, 6.45) is 5.70. The Kier molecular flexibility index (Phi) is 4.16. The SMILES string of the molecule is COc1cc(-c2ncccc2CCl)cc(C2CCC2)c1C. The van der Waals surface area contributed by atoms with Crippen molar-refractivity contribution < 1.29 is 4.74 Å². The van der Waals surface area contributed by atoms with Crippen LogP contribution in [0.4, 0.5) is 0 Å². The first-order chi connectivity index (χ1) is 10.2. The summed E-state index contributed by atoms with van der Waals surface area (Å²) in [4.78, 5) is 4.53. The molecule has 1 aliphatic rings. The van der Waals surface area contributed by atoms with Crippen LogP contribution in [0.2, 0.25) is 0 Å². The molecule has 110 valence electrons. The molecule has 1 fully saturated rings. The van der Waals surface area contributed by atoms with Gasteiger partial charge in [0.05, 0.1) is 12.8 Å². The molecule has 0 atom stereocenters. The average molecular weight is 302 g/mol. The Labute approximate surface area is 131 Å². The van der Waals surface area contributed by atoms with Gasteiger partial charge in [-0.3, -0.25) is 4.98 Å². The third kappa shape index (κ3) is 2.65. The van der Waals surface area contributed by atoms with Gasteiger partial charge in [0.1, 0.15) is 5.75 Å². The smallest absolute Gasteiger partial charge is 0.122 e. The summed E-state index contributed by atoms with van der Waals surface area (Å²) < 4.78 is 5.58. The molecule has 0 saturated heterocycles. The normalized spacial score (nSPS) is 14.8. The van der Waals surface area contributed by atoms with E-state index in [1.54, 1.807) is 7.11 Å². The third-order valence-electron chi connectivity index (χ3n) is 4.47. The first-order valence-corrected chi connectivity index (χ1v) is 7.96. The maximum absolute atomic E-state index is 6.06. The molecule has 1 aromatic carbocycles. The minimum Gasteiger partial charge on any atom is -0.496 e. The molecule has 0 N–H and O–H groups in total. The molecule has 1 heterocycles. The van der Waals surface area contributed by atoms with Gasteiger partial charge in [-0.1, -0.05) is 12.5 Å². The Bertz CT molecular complexity index is 650. The number of methoxy groups -OCH3 is 1. The van der Waals surface area contributed by atoms with Crippen LogP contribution < -0.4 is 4.74 Å². The quantitative estimate of drug-likeness (QED) is 0.735. The molecule has 1 aliphatic carbocycles. The molecule has 0 aliphatic heterocycles. The summed E-state index contributed by atoms with van der Waals surface area (Å²) in [6, 6.07) is 8.32. The predicted octanol–water partition coefficient (Wildman–Crippen LogP) is 5.07. The molecule has 2 aromatic rings. The van der Waals surface area contributed by atoms with Gasteiger partial charge in [-0.15, -0.1) is 11.6 Å². The van der Waals surface area contributed by atoms with E-state index in [-0.39, 0.29) is 0 Å². The zero-order chi connectivity index (χ0) is 14.8. The van der Waals surface area contributed by atoms with E-state index >= 15 is 0 Å². The van der Waals surface area contributed by atoms with Crippen molar-refractivity contribution >= 4 is 11.6 Å². The molecular weight excluding hydrogens is 282 g/mol. The molecule has 21 heavy (non-hydrogen) atoms. The number of benzene rings is 1. The fraction of sp³-hybridized carbons (Fsp3) is 0.389. The topological polar surface area (TPSA) is 22.1 Å².